The fraction of sp³-hybridized carbons (Fsp3) is 0.278. The number of nitrogens with one attached hydrogen (secondary N) is 2. The van der Waals surface area contributed by atoms with Crippen LogP contribution in [-0.2, 0) is 4.74 Å². The third-order valence-corrected chi connectivity index (χ3v) is 2.91. The maximum atomic E-state index is 11.7. The third kappa shape index (κ3) is 5.54. The number of rotatable bonds is 4. The molecule has 2 N–H and O–H groups in total. The first-order chi connectivity index (χ1) is 10.9. The number of benzene rings is 2. The summed E-state index contributed by atoms with van der Waals surface area (Å²) in [6, 6.07) is 15.1. The van der Waals surface area contributed by atoms with Crippen molar-refractivity contribution in [2.75, 3.05) is 17.7 Å². The number of hydrogen-bond acceptors (Lipinski definition) is 4. The van der Waals surface area contributed by atoms with Gasteiger partial charge in [0.25, 0.3) is 0 Å². The Bertz CT molecular complexity index is 643. The molecule has 0 spiro atoms. The van der Waals surface area contributed by atoms with E-state index in [9.17, 15) is 4.79 Å². The van der Waals surface area contributed by atoms with Gasteiger partial charge in [-0.15, -0.1) is 0 Å². The van der Waals surface area contributed by atoms with Gasteiger partial charge < -0.3 is 14.8 Å². The molecule has 0 atom stereocenters. The molecule has 0 unspecified atom stereocenters. The van der Waals surface area contributed by atoms with Crippen LogP contribution < -0.4 is 15.4 Å². The van der Waals surface area contributed by atoms with Gasteiger partial charge in [0.15, 0.2) is 0 Å². The lowest BCUT2D eigenvalue weighted by Crippen LogP contribution is -2.27. The Balaban J connectivity index is 1.94. The predicted molar refractivity (Wildman–Crippen MR) is 92.6 cm³/mol. The fourth-order valence-electron chi connectivity index (χ4n) is 1.90. The fourth-order valence-corrected chi connectivity index (χ4v) is 1.90. The molecule has 0 aromatic heterocycles. The highest BCUT2D eigenvalue weighted by molar-refractivity contribution is 5.85. The number of ether oxygens (including phenoxy) is 2. The molecule has 0 heterocycles. The molecule has 0 aliphatic heterocycles. The number of hydrogen-bond donors (Lipinski definition) is 2. The van der Waals surface area contributed by atoms with Gasteiger partial charge in [-0.3, -0.25) is 5.32 Å². The Kier molecular flexibility index (Phi) is 5.11. The Morgan fingerprint density at radius 3 is 1.83 bits per heavy atom. The maximum absolute atomic E-state index is 11.7. The average Bonchev–Trinajstić information content (AvgIpc) is 2.48. The van der Waals surface area contributed by atoms with E-state index < -0.39 is 11.7 Å². The van der Waals surface area contributed by atoms with Gasteiger partial charge >= 0.3 is 6.09 Å². The van der Waals surface area contributed by atoms with Crippen molar-refractivity contribution >= 4 is 23.2 Å². The highest BCUT2D eigenvalue weighted by Gasteiger charge is 2.15. The van der Waals surface area contributed by atoms with Crippen molar-refractivity contribution in [2.45, 2.75) is 26.4 Å². The molecule has 5 heteroatoms. The molecule has 0 saturated carbocycles. The summed E-state index contributed by atoms with van der Waals surface area (Å²) in [6.45, 7) is 5.48. The zero-order valence-corrected chi connectivity index (χ0v) is 13.8. The van der Waals surface area contributed by atoms with Crippen LogP contribution in [0, 0.1) is 0 Å². The summed E-state index contributed by atoms with van der Waals surface area (Å²) in [5.41, 5.74) is 2.04. The van der Waals surface area contributed by atoms with E-state index in [1.54, 1.807) is 7.11 Å². The minimum absolute atomic E-state index is 0.464. The topological polar surface area (TPSA) is 59.6 Å². The van der Waals surface area contributed by atoms with Crippen LogP contribution in [0.2, 0.25) is 0 Å². The standard InChI is InChI=1S/C18H22N2O3/c1-18(2,3)23-17(21)20-15-7-5-13(6-8-15)19-14-9-11-16(22-4)12-10-14/h5-12,19H,1-4H3,(H,20,21). The lowest BCUT2D eigenvalue weighted by atomic mass is 10.2. The van der Waals surface area contributed by atoms with Crippen LogP contribution in [0.25, 0.3) is 0 Å². The lowest BCUT2D eigenvalue weighted by Gasteiger charge is -2.19. The van der Waals surface area contributed by atoms with Crippen molar-refractivity contribution < 1.29 is 14.3 Å². The Hall–Kier alpha value is -2.69. The van der Waals surface area contributed by atoms with Crippen LogP contribution in [-0.4, -0.2) is 18.8 Å². The molecule has 0 fully saturated rings. The van der Waals surface area contributed by atoms with Crippen LogP contribution in [0.1, 0.15) is 20.8 Å². The van der Waals surface area contributed by atoms with E-state index in [2.05, 4.69) is 10.6 Å². The monoisotopic (exact) mass is 314 g/mol. The van der Waals surface area contributed by atoms with Crippen LogP contribution in [0.3, 0.4) is 0 Å². The summed E-state index contributed by atoms with van der Waals surface area (Å²) in [4.78, 5) is 11.7. The summed E-state index contributed by atoms with van der Waals surface area (Å²) in [6.07, 6.45) is -0.464. The number of carbonyl (C=O) groups is 1. The second-order valence-corrected chi connectivity index (χ2v) is 6.06. The first kappa shape index (κ1) is 16.7. The normalized spacial score (nSPS) is 10.8. The van der Waals surface area contributed by atoms with Gasteiger partial charge in [0, 0.05) is 17.1 Å². The summed E-state index contributed by atoms with van der Waals surface area (Å²) in [5.74, 6) is 0.812. The van der Waals surface area contributed by atoms with Crippen molar-refractivity contribution in [1.29, 1.82) is 0 Å². The number of carbonyl (C=O) groups excluding carboxylic acids is 1. The van der Waals surface area contributed by atoms with E-state index in [4.69, 9.17) is 9.47 Å². The summed E-state index contributed by atoms with van der Waals surface area (Å²) in [7, 11) is 1.64. The van der Waals surface area contributed by atoms with E-state index in [1.807, 2.05) is 69.3 Å². The molecule has 0 saturated heterocycles. The molecule has 2 aromatic rings. The van der Waals surface area contributed by atoms with E-state index in [0.717, 1.165) is 17.1 Å². The second kappa shape index (κ2) is 7.05. The SMILES string of the molecule is COc1ccc(Nc2ccc(NC(=O)OC(C)(C)C)cc2)cc1. The second-order valence-electron chi connectivity index (χ2n) is 6.06. The average molecular weight is 314 g/mol. The Labute approximate surface area is 136 Å². The summed E-state index contributed by atoms with van der Waals surface area (Å²) >= 11 is 0. The molecule has 23 heavy (non-hydrogen) atoms. The lowest BCUT2D eigenvalue weighted by molar-refractivity contribution is 0.0636. The largest absolute Gasteiger partial charge is 0.497 e. The summed E-state index contributed by atoms with van der Waals surface area (Å²) in [5, 5.41) is 5.97. The van der Waals surface area contributed by atoms with Crippen LogP contribution in [0.4, 0.5) is 21.9 Å². The number of methoxy groups -OCH3 is 1. The zero-order chi connectivity index (χ0) is 16.9. The highest BCUT2D eigenvalue weighted by atomic mass is 16.6. The number of amides is 1. The van der Waals surface area contributed by atoms with Gasteiger partial charge in [-0.1, -0.05) is 0 Å². The number of anilines is 3. The van der Waals surface area contributed by atoms with Crippen molar-refractivity contribution in [1.82, 2.24) is 0 Å². The van der Waals surface area contributed by atoms with E-state index >= 15 is 0 Å². The van der Waals surface area contributed by atoms with E-state index in [1.165, 1.54) is 0 Å². The van der Waals surface area contributed by atoms with E-state index in [0.29, 0.717) is 5.69 Å². The smallest absolute Gasteiger partial charge is 0.412 e. The summed E-state index contributed by atoms with van der Waals surface area (Å²) < 4.78 is 10.3. The molecule has 2 rings (SSSR count). The van der Waals surface area contributed by atoms with E-state index in [-0.39, 0.29) is 0 Å². The predicted octanol–water partition coefficient (Wildman–Crippen LogP) is 4.79. The molecule has 0 bridgehead atoms. The highest BCUT2D eigenvalue weighted by Crippen LogP contribution is 2.21. The van der Waals surface area contributed by atoms with Crippen LogP contribution in [0.5, 0.6) is 5.75 Å². The van der Waals surface area contributed by atoms with Gasteiger partial charge in [-0.25, -0.2) is 4.79 Å². The molecule has 0 radical (unpaired) electrons. The minimum atomic E-state index is -0.514. The molecule has 5 nitrogen and oxygen atoms in total. The zero-order valence-electron chi connectivity index (χ0n) is 13.8. The van der Waals surface area contributed by atoms with Gasteiger partial charge in [-0.2, -0.15) is 0 Å². The third-order valence-electron chi connectivity index (χ3n) is 2.91. The maximum Gasteiger partial charge on any atom is 0.412 e. The van der Waals surface area contributed by atoms with Crippen molar-refractivity contribution in [3.05, 3.63) is 48.5 Å². The van der Waals surface area contributed by atoms with Crippen LogP contribution in [0.15, 0.2) is 48.5 Å². The Morgan fingerprint density at radius 1 is 0.870 bits per heavy atom. The Morgan fingerprint density at radius 2 is 1.35 bits per heavy atom. The van der Waals surface area contributed by atoms with Crippen molar-refractivity contribution in [2.24, 2.45) is 0 Å². The van der Waals surface area contributed by atoms with Crippen LogP contribution >= 0.6 is 0 Å². The van der Waals surface area contributed by atoms with Gasteiger partial charge in [0.05, 0.1) is 7.11 Å². The molecule has 0 aliphatic carbocycles. The quantitative estimate of drug-likeness (QED) is 0.852. The first-order valence-electron chi connectivity index (χ1n) is 7.37. The minimum Gasteiger partial charge on any atom is -0.497 e. The van der Waals surface area contributed by atoms with Crippen molar-refractivity contribution in [3.63, 3.8) is 0 Å². The van der Waals surface area contributed by atoms with Gasteiger partial charge in [0.2, 0.25) is 0 Å². The molecular weight excluding hydrogens is 292 g/mol. The molecule has 122 valence electrons. The molecular formula is C18H22N2O3. The molecule has 2 aromatic carbocycles. The van der Waals surface area contributed by atoms with Crippen molar-refractivity contribution in [3.8, 4) is 5.75 Å². The first-order valence-corrected chi connectivity index (χ1v) is 7.37. The molecule has 0 aliphatic rings. The molecule has 1 amide bonds. The van der Waals surface area contributed by atoms with Gasteiger partial charge in [-0.05, 0) is 69.3 Å². The van der Waals surface area contributed by atoms with Gasteiger partial charge in [0.1, 0.15) is 11.4 Å².